The fourth-order valence-corrected chi connectivity index (χ4v) is 3.12. The predicted molar refractivity (Wildman–Crippen MR) is 122 cm³/mol. The summed E-state index contributed by atoms with van der Waals surface area (Å²) in [6.07, 6.45) is 0. The van der Waals surface area contributed by atoms with Gasteiger partial charge in [-0.1, -0.05) is 66.2 Å². The molecular weight excluding hydrogens is 396 g/mol. The summed E-state index contributed by atoms with van der Waals surface area (Å²) in [6, 6.07) is 26.3. The molecule has 0 amide bonds. The van der Waals surface area contributed by atoms with E-state index in [4.69, 9.17) is 11.6 Å². The summed E-state index contributed by atoms with van der Waals surface area (Å²) in [6.45, 7) is 1.81. The number of halogens is 1. The van der Waals surface area contributed by atoms with Crippen LogP contribution in [0.15, 0.2) is 90.0 Å². The zero-order chi connectivity index (χ0) is 20.9. The smallest absolute Gasteiger partial charge is 0.244 e. The van der Waals surface area contributed by atoms with Crippen LogP contribution in [-0.2, 0) is 0 Å². The van der Waals surface area contributed by atoms with Crippen LogP contribution in [0.25, 0.3) is 22.5 Å². The highest BCUT2D eigenvalue weighted by atomic mass is 35.5. The molecule has 4 rings (SSSR count). The molecule has 148 valence electrons. The molecule has 0 spiro atoms. The van der Waals surface area contributed by atoms with Gasteiger partial charge in [-0.2, -0.15) is 5.10 Å². The van der Waals surface area contributed by atoms with E-state index in [2.05, 4.69) is 20.5 Å². The number of para-hydroxylation sites is 1. The van der Waals surface area contributed by atoms with Gasteiger partial charge in [0.25, 0.3) is 0 Å². The van der Waals surface area contributed by atoms with Gasteiger partial charge in [0.15, 0.2) is 0 Å². The zero-order valence-electron chi connectivity index (χ0n) is 16.2. The molecule has 0 fully saturated rings. The number of anilines is 1. The Balaban J connectivity index is 1.73. The van der Waals surface area contributed by atoms with Gasteiger partial charge >= 0.3 is 0 Å². The monoisotopic (exact) mass is 414 g/mol. The summed E-state index contributed by atoms with van der Waals surface area (Å²) in [4.78, 5) is 9.23. The first-order valence-electron chi connectivity index (χ1n) is 9.39. The highest BCUT2D eigenvalue weighted by Gasteiger charge is 2.09. The van der Waals surface area contributed by atoms with Gasteiger partial charge in [-0.15, -0.1) is 0 Å². The standard InChI is InChI=1S/C24H19ClN4O/c1-16(20-9-5-6-10-23(20)30)28-29-24-26-21(17-7-3-2-4-8-17)15-22(27-24)18-11-13-19(25)14-12-18/h2-15,30H,1H3,(H,26,27,29)/b28-16+. The Labute approximate surface area is 179 Å². The van der Waals surface area contributed by atoms with Crippen molar-refractivity contribution >= 4 is 23.3 Å². The van der Waals surface area contributed by atoms with Gasteiger partial charge in [0.1, 0.15) is 5.75 Å². The van der Waals surface area contributed by atoms with Gasteiger partial charge in [-0.3, -0.25) is 0 Å². The Morgan fingerprint density at radius 3 is 2.10 bits per heavy atom. The fraction of sp³-hybridized carbons (Fsp3) is 0.0417. The number of phenols is 1. The number of hydrogen-bond acceptors (Lipinski definition) is 5. The molecule has 0 saturated carbocycles. The van der Waals surface area contributed by atoms with E-state index in [9.17, 15) is 5.11 Å². The molecule has 0 atom stereocenters. The number of rotatable bonds is 5. The second-order valence-corrected chi connectivity index (χ2v) is 7.10. The number of benzene rings is 3. The van der Waals surface area contributed by atoms with Crippen molar-refractivity contribution in [1.82, 2.24) is 9.97 Å². The van der Waals surface area contributed by atoms with Crippen LogP contribution < -0.4 is 5.43 Å². The van der Waals surface area contributed by atoms with E-state index in [1.165, 1.54) is 0 Å². The van der Waals surface area contributed by atoms with Crippen LogP contribution in [0, 0.1) is 0 Å². The third kappa shape index (κ3) is 4.47. The Hall–Kier alpha value is -3.70. The number of hydrogen-bond donors (Lipinski definition) is 2. The molecule has 3 aromatic carbocycles. The van der Waals surface area contributed by atoms with E-state index in [-0.39, 0.29) is 5.75 Å². The predicted octanol–water partition coefficient (Wildman–Crippen LogP) is 6.01. The van der Waals surface area contributed by atoms with Crippen molar-refractivity contribution in [1.29, 1.82) is 0 Å². The van der Waals surface area contributed by atoms with Crippen molar-refractivity contribution in [3.8, 4) is 28.3 Å². The maximum Gasteiger partial charge on any atom is 0.244 e. The molecule has 6 heteroatoms. The summed E-state index contributed by atoms with van der Waals surface area (Å²) in [5, 5.41) is 15.1. The first-order chi connectivity index (χ1) is 14.6. The maximum absolute atomic E-state index is 10.0. The Bertz CT molecular complexity index is 1190. The van der Waals surface area contributed by atoms with E-state index < -0.39 is 0 Å². The average Bonchev–Trinajstić information content (AvgIpc) is 2.78. The van der Waals surface area contributed by atoms with E-state index in [1.54, 1.807) is 18.2 Å². The van der Waals surface area contributed by atoms with Crippen LogP contribution in [0.3, 0.4) is 0 Å². The largest absolute Gasteiger partial charge is 0.507 e. The maximum atomic E-state index is 10.0. The molecule has 1 aromatic heterocycles. The minimum absolute atomic E-state index is 0.168. The molecule has 0 aliphatic heterocycles. The molecule has 5 nitrogen and oxygen atoms in total. The SMILES string of the molecule is C/C(=N\Nc1nc(-c2ccccc2)cc(-c2ccc(Cl)cc2)n1)c1ccccc1O. The van der Waals surface area contributed by atoms with Crippen molar-refractivity contribution in [3.05, 3.63) is 95.5 Å². The van der Waals surface area contributed by atoms with Crippen molar-refractivity contribution < 1.29 is 5.11 Å². The van der Waals surface area contributed by atoms with Crippen LogP contribution in [0.5, 0.6) is 5.75 Å². The van der Waals surface area contributed by atoms with Gasteiger partial charge in [0.05, 0.1) is 17.1 Å². The van der Waals surface area contributed by atoms with Crippen molar-refractivity contribution in [2.45, 2.75) is 6.92 Å². The quantitative estimate of drug-likeness (QED) is 0.310. The lowest BCUT2D eigenvalue weighted by Crippen LogP contribution is -2.04. The number of aromatic hydroxyl groups is 1. The van der Waals surface area contributed by atoms with Crippen LogP contribution >= 0.6 is 11.6 Å². The van der Waals surface area contributed by atoms with Crippen molar-refractivity contribution in [2.75, 3.05) is 5.43 Å². The molecule has 0 radical (unpaired) electrons. The molecule has 0 aliphatic rings. The first-order valence-corrected chi connectivity index (χ1v) is 9.77. The first kappa shape index (κ1) is 19.6. The van der Waals surface area contributed by atoms with E-state index in [0.29, 0.717) is 22.2 Å². The van der Waals surface area contributed by atoms with Crippen LogP contribution in [0.4, 0.5) is 5.95 Å². The van der Waals surface area contributed by atoms with Crippen molar-refractivity contribution in [3.63, 3.8) is 0 Å². The molecule has 4 aromatic rings. The second kappa shape index (κ2) is 8.76. The molecule has 2 N–H and O–H groups in total. The molecule has 0 saturated heterocycles. The number of phenolic OH excluding ortho intramolecular Hbond substituents is 1. The summed E-state index contributed by atoms with van der Waals surface area (Å²) in [5.41, 5.74) is 7.60. The van der Waals surface area contributed by atoms with Crippen LogP contribution in [-0.4, -0.2) is 20.8 Å². The van der Waals surface area contributed by atoms with Gasteiger partial charge in [-0.05, 0) is 37.3 Å². The number of hydrazone groups is 1. The highest BCUT2D eigenvalue weighted by Crippen LogP contribution is 2.26. The summed E-state index contributed by atoms with van der Waals surface area (Å²) >= 11 is 6.03. The second-order valence-electron chi connectivity index (χ2n) is 6.66. The minimum atomic E-state index is 0.168. The zero-order valence-corrected chi connectivity index (χ0v) is 17.0. The summed E-state index contributed by atoms with van der Waals surface area (Å²) < 4.78 is 0. The Morgan fingerprint density at radius 2 is 1.43 bits per heavy atom. The van der Waals surface area contributed by atoms with Crippen molar-refractivity contribution in [2.24, 2.45) is 5.10 Å². The fourth-order valence-electron chi connectivity index (χ4n) is 3.00. The molecule has 30 heavy (non-hydrogen) atoms. The lowest BCUT2D eigenvalue weighted by molar-refractivity contribution is 0.474. The molecule has 0 aliphatic carbocycles. The number of nitrogens with one attached hydrogen (secondary N) is 1. The summed E-state index contributed by atoms with van der Waals surface area (Å²) in [5.74, 6) is 0.525. The van der Waals surface area contributed by atoms with Gasteiger partial charge < -0.3 is 5.11 Å². The molecule has 1 heterocycles. The van der Waals surface area contributed by atoms with E-state index in [0.717, 1.165) is 22.5 Å². The van der Waals surface area contributed by atoms with Gasteiger partial charge in [-0.25, -0.2) is 15.4 Å². The lowest BCUT2D eigenvalue weighted by Gasteiger charge is -2.09. The number of aromatic nitrogens is 2. The van der Waals surface area contributed by atoms with Crippen LogP contribution in [0.2, 0.25) is 5.02 Å². The molecule has 0 unspecified atom stereocenters. The molecule has 0 bridgehead atoms. The van der Waals surface area contributed by atoms with E-state index in [1.807, 2.05) is 73.7 Å². The third-order valence-corrected chi connectivity index (χ3v) is 4.81. The van der Waals surface area contributed by atoms with Gasteiger partial charge in [0, 0.05) is 21.7 Å². The Morgan fingerprint density at radius 1 is 0.833 bits per heavy atom. The summed E-state index contributed by atoms with van der Waals surface area (Å²) in [7, 11) is 0. The highest BCUT2D eigenvalue weighted by molar-refractivity contribution is 6.30. The van der Waals surface area contributed by atoms with E-state index >= 15 is 0 Å². The Kier molecular flexibility index (Phi) is 5.72. The minimum Gasteiger partial charge on any atom is -0.507 e. The average molecular weight is 415 g/mol. The lowest BCUT2D eigenvalue weighted by atomic mass is 10.1. The number of nitrogens with zero attached hydrogens (tertiary/aromatic N) is 3. The van der Waals surface area contributed by atoms with Crippen LogP contribution in [0.1, 0.15) is 12.5 Å². The third-order valence-electron chi connectivity index (χ3n) is 4.55. The van der Waals surface area contributed by atoms with Gasteiger partial charge in [0.2, 0.25) is 5.95 Å². The topological polar surface area (TPSA) is 70.4 Å². The molecular formula is C24H19ClN4O. The normalized spacial score (nSPS) is 11.3.